The van der Waals surface area contributed by atoms with Gasteiger partial charge in [0, 0.05) is 7.05 Å². The quantitative estimate of drug-likeness (QED) is 0.236. The molecule has 26 heavy (non-hydrogen) atoms. The van der Waals surface area contributed by atoms with Crippen molar-refractivity contribution < 1.29 is 9.18 Å². The Morgan fingerprint density at radius 1 is 1.23 bits per heavy atom. The maximum absolute atomic E-state index is 13.4. The standard InChI is InChI=1S/C14H17FN10O/c1-25(24-13(18)20-7-5-3-2-4-6-7)14(19)23-12(26)8-10(16)22-11(17)9(15)21-8/h2-6H,1H3,(H4,16,17,22)(H3,18,20,24)(H2,19,23,26). The van der Waals surface area contributed by atoms with Crippen LogP contribution in [-0.4, -0.2) is 39.9 Å². The summed E-state index contributed by atoms with van der Waals surface area (Å²) in [6.45, 7) is 0. The van der Waals surface area contributed by atoms with Crippen LogP contribution in [0.3, 0.4) is 0 Å². The van der Waals surface area contributed by atoms with Gasteiger partial charge in [0.1, 0.15) is 0 Å². The summed E-state index contributed by atoms with van der Waals surface area (Å²) in [5.41, 5.74) is 19.1. The van der Waals surface area contributed by atoms with Crippen LogP contribution < -0.4 is 27.9 Å². The SMILES string of the molecule is CN(NC(N)=Nc1ccccc1)C(=N)NC(=O)c1nc(F)c(N)nc1N. The number of halogens is 1. The topological polar surface area (TPSA) is 184 Å². The first-order chi connectivity index (χ1) is 12.3. The largest absolute Gasteiger partial charge is 0.382 e. The Morgan fingerprint density at radius 2 is 1.88 bits per heavy atom. The van der Waals surface area contributed by atoms with Crippen molar-refractivity contribution in [3.63, 3.8) is 0 Å². The van der Waals surface area contributed by atoms with Crippen molar-refractivity contribution >= 4 is 35.1 Å². The monoisotopic (exact) mass is 360 g/mol. The number of nitrogens with one attached hydrogen (secondary N) is 3. The molecule has 11 nitrogen and oxygen atoms in total. The minimum atomic E-state index is -1.14. The van der Waals surface area contributed by atoms with Crippen LogP contribution in [0.15, 0.2) is 35.3 Å². The molecule has 0 saturated carbocycles. The van der Waals surface area contributed by atoms with Gasteiger partial charge in [-0.15, -0.1) is 0 Å². The van der Waals surface area contributed by atoms with Crippen molar-refractivity contribution in [1.82, 2.24) is 25.7 Å². The number of benzene rings is 1. The number of nitrogen functional groups attached to an aromatic ring is 2. The summed E-state index contributed by atoms with van der Waals surface area (Å²) >= 11 is 0. The number of anilines is 2. The lowest BCUT2D eigenvalue weighted by Gasteiger charge is -2.21. The highest BCUT2D eigenvalue weighted by Gasteiger charge is 2.19. The Kier molecular flexibility index (Phi) is 5.47. The van der Waals surface area contributed by atoms with Crippen LogP contribution >= 0.6 is 0 Å². The van der Waals surface area contributed by atoms with E-state index in [9.17, 15) is 9.18 Å². The Morgan fingerprint density at radius 3 is 2.54 bits per heavy atom. The van der Waals surface area contributed by atoms with Gasteiger partial charge in [-0.25, -0.2) is 15.0 Å². The van der Waals surface area contributed by atoms with Crippen molar-refractivity contribution in [3.8, 4) is 0 Å². The number of hydrogen-bond donors (Lipinski definition) is 6. The number of hydrazine groups is 1. The van der Waals surface area contributed by atoms with Crippen LogP contribution in [0.4, 0.5) is 21.7 Å². The van der Waals surface area contributed by atoms with E-state index in [4.69, 9.17) is 22.6 Å². The number of aliphatic imine (C=N–C) groups is 1. The van der Waals surface area contributed by atoms with E-state index in [-0.39, 0.29) is 11.8 Å². The first kappa shape index (κ1) is 18.4. The molecule has 0 saturated heterocycles. The second kappa shape index (κ2) is 7.74. The second-order valence-electron chi connectivity index (χ2n) is 4.94. The fourth-order valence-corrected chi connectivity index (χ4v) is 1.75. The predicted octanol–water partition coefficient (Wildman–Crippen LogP) is -0.473. The van der Waals surface area contributed by atoms with E-state index in [1.54, 1.807) is 24.3 Å². The van der Waals surface area contributed by atoms with Gasteiger partial charge in [0.2, 0.25) is 11.9 Å². The highest BCUT2D eigenvalue weighted by molar-refractivity contribution is 6.06. The lowest BCUT2D eigenvalue weighted by molar-refractivity contribution is 0.0966. The van der Waals surface area contributed by atoms with Crippen molar-refractivity contribution in [3.05, 3.63) is 42.0 Å². The van der Waals surface area contributed by atoms with Crippen LogP contribution in [0, 0.1) is 11.4 Å². The summed E-state index contributed by atoms with van der Waals surface area (Å²) in [5, 5.41) is 11.1. The third kappa shape index (κ3) is 4.53. The third-order valence-electron chi connectivity index (χ3n) is 2.98. The van der Waals surface area contributed by atoms with E-state index < -0.39 is 29.3 Å². The van der Waals surface area contributed by atoms with Crippen LogP contribution in [0.1, 0.15) is 10.5 Å². The number of carbonyl (C=O) groups excluding carboxylic acids is 1. The number of aromatic nitrogens is 2. The minimum Gasteiger partial charge on any atom is -0.382 e. The molecule has 0 unspecified atom stereocenters. The molecule has 0 aliphatic rings. The van der Waals surface area contributed by atoms with E-state index in [1.165, 1.54) is 7.05 Å². The van der Waals surface area contributed by atoms with Gasteiger partial charge in [-0.3, -0.25) is 26.0 Å². The molecule has 1 amide bonds. The Hall–Kier alpha value is -3.96. The molecule has 136 valence electrons. The van der Waals surface area contributed by atoms with Gasteiger partial charge < -0.3 is 17.2 Å². The fraction of sp³-hybridized carbons (Fsp3) is 0.0714. The molecule has 1 aromatic heterocycles. The van der Waals surface area contributed by atoms with Crippen LogP contribution in [0.25, 0.3) is 0 Å². The summed E-state index contributed by atoms with van der Waals surface area (Å²) < 4.78 is 13.4. The zero-order chi connectivity index (χ0) is 19.3. The highest BCUT2D eigenvalue weighted by atomic mass is 19.1. The third-order valence-corrected chi connectivity index (χ3v) is 2.98. The van der Waals surface area contributed by atoms with E-state index in [2.05, 4.69) is 25.7 Å². The minimum absolute atomic E-state index is 0.0180. The highest BCUT2D eigenvalue weighted by Crippen LogP contribution is 2.11. The van der Waals surface area contributed by atoms with Crippen molar-refractivity contribution in [2.75, 3.05) is 18.5 Å². The molecule has 0 bridgehead atoms. The molecule has 2 rings (SSSR count). The van der Waals surface area contributed by atoms with Gasteiger partial charge in [-0.1, -0.05) is 18.2 Å². The number of amides is 1. The summed E-state index contributed by atoms with van der Waals surface area (Å²) in [6.07, 6.45) is 0. The fourth-order valence-electron chi connectivity index (χ4n) is 1.75. The summed E-state index contributed by atoms with van der Waals surface area (Å²) in [4.78, 5) is 22.9. The molecular weight excluding hydrogens is 343 g/mol. The van der Waals surface area contributed by atoms with Crippen molar-refractivity contribution in [2.45, 2.75) is 0 Å². The number of nitrogens with zero attached hydrogens (tertiary/aromatic N) is 4. The molecule has 1 aromatic carbocycles. The van der Waals surface area contributed by atoms with Gasteiger partial charge >= 0.3 is 0 Å². The van der Waals surface area contributed by atoms with Gasteiger partial charge in [0.25, 0.3) is 11.9 Å². The second-order valence-corrected chi connectivity index (χ2v) is 4.94. The molecular formula is C14H17FN10O. The zero-order valence-corrected chi connectivity index (χ0v) is 13.7. The summed E-state index contributed by atoms with van der Waals surface area (Å²) in [5.74, 6) is -3.41. The molecule has 2 aromatic rings. The summed E-state index contributed by atoms with van der Waals surface area (Å²) in [6, 6.07) is 8.87. The van der Waals surface area contributed by atoms with E-state index in [0.29, 0.717) is 5.69 Å². The Labute approximate surface area is 147 Å². The van der Waals surface area contributed by atoms with Crippen molar-refractivity contribution in [1.29, 1.82) is 5.41 Å². The molecule has 0 spiro atoms. The Bertz CT molecular complexity index is 854. The lowest BCUT2D eigenvalue weighted by atomic mass is 10.3. The Balaban J connectivity index is 2.01. The zero-order valence-electron chi connectivity index (χ0n) is 13.7. The van der Waals surface area contributed by atoms with E-state index in [0.717, 1.165) is 5.01 Å². The first-order valence-electron chi connectivity index (χ1n) is 7.16. The lowest BCUT2D eigenvalue weighted by Crippen LogP contribution is -2.52. The molecule has 9 N–H and O–H groups in total. The molecule has 12 heteroatoms. The molecule has 0 aliphatic carbocycles. The normalized spacial score (nSPS) is 10.9. The average molecular weight is 360 g/mol. The maximum Gasteiger partial charge on any atom is 0.280 e. The van der Waals surface area contributed by atoms with Gasteiger partial charge in [-0.05, 0) is 12.1 Å². The molecule has 1 heterocycles. The maximum atomic E-state index is 13.4. The van der Waals surface area contributed by atoms with Crippen LogP contribution in [0.5, 0.6) is 0 Å². The number of para-hydroxylation sites is 1. The van der Waals surface area contributed by atoms with Crippen molar-refractivity contribution in [2.24, 2.45) is 10.7 Å². The van der Waals surface area contributed by atoms with Gasteiger partial charge in [-0.2, -0.15) is 4.39 Å². The number of rotatable bonds is 2. The number of guanidine groups is 2. The first-order valence-corrected chi connectivity index (χ1v) is 7.16. The number of carbonyl (C=O) groups is 1. The van der Waals surface area contributed by atoms with E-state index in [1.807, 2.05) is 6.07 Å². The predicted molar refractivity (Wildman–Crippen MR) is 94.6 cm³/mol. The average Bonchev–Trinajstić information content (AvgIpc) is 2.58. The smallest absolute Gasteiger partial charge is 0.280 e. The van der Waals surface area contributed by atoms with Crippen LogP contribution in [-0.2, 0) is 0 Å². The van der Waals surface area contributed by atoms with Gasteiger partial charge in [0.15, 0.2) is 17.3 Å². The van der Waals surface area contributed by atoms with E-state index >= 15 is 0 Å². The molecule has 0 aliphatic heterocycles. The number of hydrogen-bond acceptors (Lipinski definition) is 7. The summed E-state index contributed by atoms with van der Waals surface area (Å²) in [7, 11) is 1.41. The van der Waals surface area contributed by atoms with Gasteiger partial charge in [0.05, 0.1) is 5.69 Å². The number of nitrogens with two attached hydrogens (primary N) is 3. The molecule has 0 atom stereocenters. The molecule has 0 radical (unpaired) electrons. The molecule has 0 fully saturated rings. The van der Waals surface area contributed by atoms with Crippen LogP contribution in [0.2, 0.25) is 0 Å².